The second kappa shape index (κ2) is 10.1. The molecular weight excluding hydrogens is 234 g/mol. The number of carbonyl (C=O) groups excluding carboxylic acids is 2. The minimum atomic E-state index is -0.411. The van der Waals surface area contributed by atoms with Crippen molar-refractivity contribution in [2.45, 2.75) is 32.6 Å². The monoisotopic (exact) mass is 251 g/mol. The van der Waals surface area contributed by atoms with Gasteiger partial charge in [0.05, 0.1) is 38.0 Å². The highest BCUT2D eigenvalue weighted by Gasteiger charge is 2.14. The van der Waals surface area contributed by atoms with E-state index in [1.807, 2.05) is 12.1 Å². The predicted octanol–water partition coefficient (Wildman–Crippen LogP) is 0.986. The molecule has 0 aromatic carbocycles. The average Bonchev–Trinajstić information content (AvgIpc) is 2.36. The Morgan fingerprint density at radius 3 is 2.11 bits per heavy atom. The summed E-state index contributed by atoms with van der Waals surface area (Å²) in [5.41, 5.74) is 0. The number of esters is 1. The molecule has 0 fully saturated rings. The number of nitriles is 2. The topological polar surface area (TPSA) is 94.2 Å². The molecule has 98 valence electrons. The van der Waals surface area contributed by atoms with Crippen molar-refractivity contribution in [3.05, 3.63) is 0 Å². The molecule has 0 aromatic rings. The van der Waals surface area contributed by atoms with Crippen molar-refractivity contribution in [2.24, 2.45) is 0 Å². The summed E-state index contributed by atoms with van der Waals surface area (Å²) in [5.74, 6) is -0.639. The maximum atomic E-state index is 11.8. The van der Waals surface area contributed by atoms with Gasteiger partial charge in [-0.25, -0.2) is 0 Å². The van der Waals surface area contributed by atoms with Crippen LogP contribution in [0.2, 0.25) is 0 Å². The quantitative estimate of drug-likeness (QED) is 0.599. The van der Waals surface area contributed by atoms with Crippen LogP contribution in [0, 0.1) is 22.7 Å². The van der Waals surface area contributed by atoms with Crippen molar-refractivity contribution in [3.8, 4) is 12.1 Å². The van der Waals surface area contributed by atoms with Crippen LogP contribution >= 0.6 is 0 Å². The molecule has 0 saturated carbocycles. The van der Waals surface area contributed by atoms with Crippen molar-refractivity contribution in [1.29, 1.82) is 10.5 Å². The van der Waals surface area contributed by atoms with Gasteiger partial charge in [-0.3, -0.25) is 9.59 Å². The summed E-state index contributed by atoms with van der Waals surface area (Å²) >= 11 is 0. The Hall–Kier alpha value is -2.08. The van der Waals surface area contributed by atoms with Gasteiger partial charge < -0.3 is 9.64 Å². The Kier molecular flexibility index (Phi) is 8.93. The number of rotatable bonds is 8. The summed E-state index contributed by atoms with van der Waals surface area (Å²) < 4.78 is 4.72. The molecule has 6 heteroatoms. The van der Waals surface area contributed by atoms with Crippen molar-refractivity contribution in [2.75, 3.05) is 19.7 Å². The lowest BCUT2D eigenvalue weighted by Gasteiger charge is -2.20. The van der Waals surface area contributed by atoms with Crippen LogP contribution in [-0.2, 0) is 14.3 Å². The second-order valence-electron chi connectivity index (χ2n) is 3.50. The number of hydrogen-bond donors (Lipinski definition) is 0. The number of nitrogens with zero attached hydrogens (tertiary/aromatic N) is 3. The normalized spacial score (nSPS) is 9.06. The van der Waals surface area contributed by atoms with Gasteiger partial charge in [0.1, 0.15) is 0 Å². The first-order valence-electron chi connectivity index (χ1n) is 5.83. The Morgan fingerprint density at radius 2 is 1.67 bits per heavy atom. The second-order valence-corrected chi connectivity index (χ2v) is 3.50. The molecule has 0 aliphatic rings. The van der Waals surface area contributed by atoms with Gasteiger partial charge in [-0.1, -0.05) is 0 Å². The number of ether oxygens (including phenoxy) is 1. The van der Waals surface area contributed by atoms with Gasteiger partial charge in [-0.15, -0.1) is 0 Å². The van der Waals surface area contributed by atoms with Crippen LogP contribution in [0.4, 0.5) is 0 Å². The minimum absolute atomic E-state index is 0.0300. The lowest BCUT2D eigenvalue weighted by molar-refractivity contribution is -0.145. The van der Waals surface area contributed by atoms with Crippen LogP contribution in [0.25, 0.3) is 0 Å². The zero-order valence-electron chi connectivity index (χ0n) is 10.5. The van der Waals surface area contributed by atoms with E-state index in [2.05, 4.69) is 0 Å². The SMILES string of the molecule is CCOC(=O)CCC(=O)N(CCC#N)CCC#N. The highest BCUT2D eigenvalue weighted by Crippen LogP contribution is 2.02. The highest BCUT2D eigenvalue weighted by molar-refractivity contribution is 5.81. The maximum absolute atomic E-state index is 11.8. The van der Waals surface area contributed by atoms with Gasteiger partial charge in [0.2, 0.25) is 5.91 Å². The van der Waals surface area contributed by atoms with E-state index in [0.717, 1.165) is 0 Å². The Balaban J connectivity index is 4.16. The van der Waals surface area contributed by atoms with Crippen LogP contribution in [0.3, 0.4) is 0 Å². The first-order valence-corrected chi connectivity index (χ1v) is 5.83. The van der Waals surface area contributed by atoms with E-state index >= 15 is 0 Å². The van der Waals surface area contributed by atoms with Gasteiger partial charge in [-0.05, 0) is 6.92 Å². The third kappa shape index (κ3) is 7.24. The van der Waals surface area contributed by atoms with E-state index in [1.54, 1.807) is 6.92 Å². The first kappa shape index (κ1) is 15.9. The lowest BCUT2D eigenvalue weighted by Crippen LogP contribution is -2.33. The van der Waals surface area contributed by atoms with Gasteiger partial charge >= 0.3 is 5.97 Å². The van der Waals surface area contributed by atoms with E-state index in [4.69, 9.17) is 15.3 Å². The van der Waals surface area contributed by atoms with Crippen molar-refractivity contribution in [3.63, 3.8) is 0 Å². The summed E-state index contributed by atoms with van der Waals surface area (Å²) in [4.78, 5) is 24.3. The van der Waals surface area contributed by atoms with E-state index in [1.165, 1.54) is 4.90 Å². The van der Waals surface area contributed by atoms with Crippen LogP contribution in [0.15, 0.2) is 0 Å². The van der Waals surface area contributed by atoms with Gasteiger partial charge in [0.15, 0.2) is 0 Å². The highest BCUT2D eigenvalue weighted by atomic mass is 16.5. The average molecular weight is 251 g/mol. The van der Waals surface area contributed by atoms with Crippen molar-refractivity contribution < 1.29 is 14.3 Å². The molecule has 0 aromatic heterocycles. The predicted molar refractivity (Wildman–Crippen MR) is 62.9 cm³/mol. The van der Waals surface area contributed by atoms with Crippen LogP contribution < -0.4 is 0 Å². The Labute approximate surface area is 107 Å². The molecule has 1 amide bonds. The molecule has 18 heavy (non-hydrogen) atoms. The third-order valence-corrected chi connectivity index (χ3v) is 2.19. The third-order valence-electron chi connectivity index (χ3n) is 2.19. The smallest absolute Gasteiger partial charge is 0.306 e. The fourth-order valence-electron chi connectivity index (χ4n) is 1.33. The summed E-state index contributed by atoms with van der Waals surface area (Å²) in [6.45, 7) is 2.57. The molecule has 0 bridgehead atoms. The summed E-state index contributed by atoms with van der Waals surface area (Å²) in [6, 6.07) is 3.89. The number of amides is 1. The molecule has 0 aliphatic heterocycles. The standard InChI is InChI=1S/C12H17N3O3/c1-2-18-12(17)6-5-11(16)15(9-3-7-13)10-4-8-14/h2-6,9-10H2,1H3. The van der Waals surface area contributed by atoms with Gasteiger partial charge in [-0.2, -0.15) is 10.5 Å². The summed E-state index contributed by atoms with van der Waals surface area (Å²) in [5, 5.41) is 17.0. The molecule has 0 aliphatic carbocycles. The fourth-order valence-corrected chi connectivity index (χ4v) is 1.33. The number of carbonyl (C=O) groups is 2. The molecule has 0 atom stereocenters. The van der Waals surface area contributed by atoms with Crippen molar-refractivity contribution >= 4 is 11.9 Å². The molecule has 6 nitrogen and oxygen atoms in total. The molecule has 0 unspecified atom stereocenters. The van der Waals surface area contributed by atoms with E-state index in [9.17, 15) is 9.59 Å². The summed E-state index contributed by atoms with van der Waals surface area (Å²) in [7, 11) is 0. The maximum Gasteiger partial charge on any atom is 0.306 e. The molecule has 0 spiro atoms. The van der Waals surface area contributed by atoms with E-state index in [-0.39, 0.29) is 31.6 Å². The molecule has 0 heterocycles. The lowest BCUT2D eigenvalue weighted by atomic mass is 10.2. The van der Waals surface area contributed by atoms with E-state index < -0.39 is 5.97 Å². The Bertz CT molecular complexity index is 337. The van der Waals surface area contributed by atoms with Crippen LogP contribution in [0.5, 0.6) is 0 Å². The zero-order valence-corrected chi connectivity index (χ0v) is 10.5. The molecule has 0 rings (SSSR count). The summed E-state index contributed by atoms with van der Waals surface area (Å²) in [6.07, 6.45) is 0.519. The number of hydrogen-bond acceptors (Lipinski definition) is 5. The Morgan fingerprint density at radius 1 is 1.11 bits per heavy atom. The fraction of sp³-hybridized carbons (Fsp3) is 0.667. The largest absolute Gasteiger partial charge is 0.466 e. The molecule has 0 saturated heterocycles. The first-order chi connectivity index (χ1) is 8.65. The molecule has 0 radical (unpaired) electrons. The van der Waals surface area contributed by atoms with Crippen LogP contribution in [-0.4, -0.2) is 36.5 Å². The molecular formula is C12H17N3O3. The molecule has 0 N–H and O–H groups in total. The van der Waals surface area contributed by atoms with Crippen molar-refractivity contribution in [1.82, 2.24) is 4.90 Å². The van der Waals surface area contributed by atoms with Crippen LogP contribution in [0.1, 0.15) is 32.6 Å². The van der Waals surface area contributed by atoms with Gasteiger partial charge in [0.25, 0.3) is 0 Å². The van der Waals surface area contributed by atoms with E-state index in [0.29, 0.717) is 19.7 Å². The minimum Gasteiger partial charge on any atom is -0.466 e. The zero-order chi connectivity index (χ0) is 13.8. The van der Waals surface area contributed by atoms with Gasteiger partial charge in [0, 0.05) is 19.5 Å².